The lowest BCUT2D eigenvalue weighted by atomic mass is 10.1. The third-order valence-corrected chi connectivity index (χ3v) is 6.42. The van der Waals surface area contributed by atoms with Crippen LogP contribution in [0.2, 0.25) is 5.02 Å². The van der Waals surface area contributed by atoms with Gasteiger partial charge < -0.3 is 10.6 Å². The standard InChI is InChI=1S/C21H18ClN3S2/c1-26-18-9-7-15(8-10-18)20-23-14-19(27-20)21(11-2-3-12-24-21)25-17-6-4-5-16(22)13-17/h2-14,24-25H,1H3. The molecule has 1 aromatic heterocycles. The average Bonchev–Trinajstić information content (AvgIpc) is 3.20. The molecule has 1 unspecified atom stereocenters. The number of thiazole rings is 1. The van der Waals surface area contributed by atoms with Gasteiger partial charge in [-0.1, -0.05) is 35.9 Å². The molecule has 1 aliphatic heterocycles. The van der Waals surface area contributed by atoms with Crippen LogP contribution in [-0.4, -0.2) is 11.2 Å². The molecule has 0 radical (unpaired) electrons. The average molecular weight is 412 g/mol. The Labute approximate surface area is 172 Å². The Balaban J connectivity index is 1.68. The van der Waals surface area contributed by atoms with Crippen LogP contribution < -0.4 is 10.6 Å². The summed E-state index contributed by atoms with van der Waals surface area (Å²) in [6.07, 6.45) is 12.0. The van der Waals surface area contributed by atoms with Gasteiger partial charge in [-0.25, -0.2) is 4.98 Å². The largest absolute Gasteiger partial charge is 0.361 e. The van der Waals surface area contributed by atoms with Crippen molar-refractivity contribution in [1.82, 2.24) is 10.3 Å². The zero-order valence-electron chi connectivity index (χ0n) is 14.6. The molecule has 3 aromatic rings. The summed E-state index contributed by atoms with van der Waals surface area (Å²) in [5.74, 6) is 0. The molecule has 2 aromatic carbocycles. The second-order valence-corrected chi connectivity index (χ2v) is 8.41. The molecular weight excluding hydrogens is 394 g/mol. The molecular formula is C21H18ClN3S2. The van der Waals surface area contributed by atoms with Gasteiger partial charge in [-0.3, -0.25) is 0 Å². The molecule has 0 saturated carbocycles. The minimum Gasteiger partial charge on any atom is -0.361 e. The predicted molar refractivity (Wildman–Crippen MR) is 117 cm³/mol. The van der Waals surface area contributed by atoms with E-state index in [-0.39, 0.29) is 0 Å². The second kappa shape index (κ2) is 7.80. The Morgan fingerprint density at radius 3 is 2.70 bits per heavy atom. The highest BCUT2D eigenvalue weighted by atomic mass is 35.5. The number of hydrogen-bond acceptors (Lipinski definition) is 5. The predicted octanol–water partition coefficient (Wildman–Crippen LogP) is 6.12. The molecule has 0 bridgehead atoms. The molecule has 0 aliphatic carbocycles. The van der Waals surface area contributed by atoms with E-state index < -0.39 is 5.66 Å². The van der Waals surface area contributed by atoms with Crippen molar-refractivity contribution in [2.24, 2.45) is 0 Å². The van der Waals surface area contributed by atoms with Crippen molar-refractivity contribution in [3.8, 4) is 10.6 Å². The van der Waals surface area contributed by atoms with Crippen LogP contribution in [-0.2, 0) is 5.66 Å². The molecule has 0 spiro atoms. The molecule has 27 heavy (non-hydrogen) atoms. The van der Waals surface area contributed by atoms with E-state index in [4.69, 9.17) is 11.6 Å². The van der Waals surface area contributed by atoms with Crippen LogP contribution in [0, 0.1) is 0 Å². The molecule has 4 rings (SSSR count). The molecule has 3 nitrogen and oxygen atoms in total. The van der Waals surface area contributed by atoms with E-state index in [0.717, 1.165) is 21.1 Å². The number of halogens is 1. The third kappa shape index (κ3) is 3.90. The maximum atomic E-state index is 6.16. The Morgan fingerprint density at radius 1 is 1.15 bits per heavy atom. The summed E-state index contributed by atoms with van der Waals surface area (Å²) < 4.78 is 0. The molecule has 6 heteroatoms. The van der Waals surface area contributed by atoms with E-state index in [0.29, 0.717) is 5.02 Å². The van der Waals surface area contributed by atoms with E-state index in [1.165, 1.54) is 4.90 Å². The van der Waals surface area contributed by atoms with Crippen LogP contribution >= 0.6 is 34.7 Å². The molecule has 2 heterocycles. The first-order chi connectivity index (χ1) is 13.2. The van der Waals surface area contributed by atoms with Crippen LogP contribution in [0.5, 0.6) is 0 Å². The number of nitrogens with zero attached hydrogens (tertiary/aromatic N) is 1. The van der Waals surface area contributed by atoms with E-state index in [1.54, 1.807) is 23.1 Å². The number of anilines is 1. The lowest BCUT2D eigenvalue weighted by Gasteiger charge is -2.33. The van der Waals surface area contributed by atoms with Gasteiger partial charge in [-0.05, 0) is 54.9 Å². The zero-order valence-corrected chi connectivity index (χ0v) is 17.0. The van der Waals surface area contributed by atoms with Gasteiger partial charge in [0.15, 0.2) is 5.66 Å². The first kappa shape index (κ1) is 18.2. The van der Waals surface area contributed by atoms with Gasteiger partial charge in [-0.2, -0.15) is 0 Å². The molecule has 136 valence electrons. The summed E-state index contributed by atoms with van der Waals surface area (Å²) in [7, 11) is 0. The first-order valence-corrected chi connectivity index (χ1v) is 10.9. The molecule has 1 atom stereocenters. The zero-order chi connectivity index (χ0) is 18.7. The highest BCUT2D eigenvalue weighted by Gasteiger charge is 2.31. The summed E-state index contributed by atoms with van der Waals surface area (Å²) in [6, 6.07) is 16.2. The van der Waals surface area contributed by atoms with Gasteiger partial charge in [0.2, 0.25) is 0 Å². The van der Waals surface area contributed by atoms with E-state index in [1.807, 2.05) is 48.8 Å². The maximum absolute atomic E-state index is 6.16. The number of rotatable bonds is 5. The van der Waals surface area contributed by atoms with Crippen LogP contribution in [0.3, 0.4) is 0 Å². The highest BCUT2D eigenvalue weighted by Crippen LogP contribution is 2.35. The summed E-state index contributed by atoms with van der Waals surface area (Å²) in [4.78, 5) is 6.99. The summed E-state index contributed by atoms with van der Waals surface area (Å²) in [6.45, 7) is 0. The SMILES string of the molecule is CSc1ccc(-c2ncc(C3(Nc4cccc(Cl)c4)C=CC=CN3)s2)cc1. The maximum Gasteiger partial charge on any atom is 0.165 e. The summed E-state index contributed by atoms with van der Waals surface area (Å²) >= 11 is 9.56. The smallest absolute Gasteiger partial charge is 0.165 e. The number of hydrogen-bond donors (Lipinski definition) is 2. The fourth-order valence-electron chi connectivity index (χ4n) is 2.89. The number of dihydropyridines is 1. The normalized spacial score (nSPS) is 18.3. The van der Waals surface area contributed by atoms with Crippen molar-refractivity contribution in [2.75, 3.05) is 11.6 Å². The van der Waals surface area contributed by atoms with Crippen molar-refractivity contribution in [2.45, 2.75) is 10.6 Å². The van der Waals surface area contributed by atoms with Crippen molar-refractivity contribution in [1.29, 1.82) is 0 Å². The number of thioether (sulfide) groups is 1. The van der Waals surface area contributed by atoms with Gasteiger partial charge in [0.05, 0.1) is 4.88 Å². The third-order valence-electron chi connectivity index (χ3n) is 4.26. The van der Waals surface area contributed by atoms with E-state index >= 15 is 0 Å². The molecule has 0 fully saturated rings. The quantitative estimate of drug-likeness (QED) is 0.495. The minimum absolute atomic E-state index is 0.561. The van der Waals surface area contributed by atoms with Crippen molar-refractivity contribution < 1.29 is 0 Å². The van der Waals surface area contributed by atoms with Crippen LogP contribution in [0.25, 0.3) is 10.6 Å². The second-order valence-electron chi connectivity index (χ2n) is 6.06. The molecule has 2 N–H and O–H groups in total. The van der Waals surface area contributed by atoms with Crippen molar-refractivity contribution in [3.05, 3.63) is 89.1 Å². The Morgan fingerprint density at radius 2 is 2.00 bits per heavy atom. The number of allylic oxidation sites excluding steroid dienone is 2. The van der Waals surface area contributed by atoms with Gasteiger partial charge in [0.25, 0.3) is 0 Å². The fraction of sp³-hybridized carbons (Fsp3) is 0.0952. The number of aromatic nitrogens is 1. The highest BCUT2D eigenvalue weighted by molar-refractivity contribution is 7.98. The van der Waals surface area contributed by atoms with Crippen molar-refractivity contribution in [3.63, 3.8) is 0 Å². The van der Waals surface area contributed by atoms with E-state index in [2.05, 4.69) is 52.2 Å². The van der Waals surface area contributed by atoms with Gasteiger partial charge >= 0.3 is 0 Å². The topological polar surface area (TPSA) is 37.0 Å². The molecule has 0 amide bonds. The van der Waals surface area contributed by atoms with Gasteiger partial charge in [-0.15, -0.1) is 23.1 Å². The van der Waals surface area contributed by atoms with Crippen molar-refractivity contribution >= 4 is 40.4 Å². The summed E-state index contributed by atoms with van der Waals surface area (Å²) in [5.41, 5.74) is 1.50. The first-order valence-electron chi connectivity index (χ1n) is 8.45. The minimum atomic E-state index is -0.561. The van der Waals surface area contributed by atoms with Crippen LogP contribution in [0.1, 0.15) is 4.88 Å². The molecule has 1 aliphatic rings. The fourth-order valence-corrected chi connectivity index (χ4v) is 4.50. The number of benzene rings is 2. The lowest BCUT2D eigenvalue weighted by molar-refractivity contribution is 0.550. The van der Waals surface area contributed by atoms with Gasteiger partial charge in [0, 0.05) is 27.4 Å². The Bertz CT molecular complexity index is 995. The van der Waals surface area contributed by atoms with Crippen LogP contribution in [0.15, 0.2) is 84.1 Å². The van der Waals surface area contributed by atoms with Crippen LogP contribution in [0.4, 0.5) is 5.69 Å². The molecule has 0 saturated heterocycles. The Kier molecular flexibility index (Phi) is 5.25. The monoisotopic (exact) mass is 411 g/mol. The van der Waals surface area contributed by atoms with Gasteiger partial charge in [0.1, 0.15) is 5.01 Å². The Hall–Kier alpha value is -2.21. The summed E-state index contributed by atoms with van der Waals surface area (Å²) in [5, 5.41) is 8.71. The lowest BCUT2D eigenvalue weighted by Crippen LogP contribution is -2.45. The number of nitrogens with one attached hydrogen (secondary N) is 2. The van der Waals surface area contributed by atoms with E-state index in [9.17, 15) is 0 Å².